The molecule has 0 radical (unpaired) electrons. The minimum absolute atomic E-state index is 0.0928. The van der Waals surface area contributed by atoms with Crippen LogP contribution in [0, 0.1) is 0 Å². The van der Waals surface area contributed by atoms with Gasteiger partial charge in [-0.15, -0.1) is 0 Å². The first-order valence-corrected chi connectivity index (χ1v) is 6.01. The molecule has 1 aliphatic carbocycles. The van der Waals surface area contributed by atoms with Gasteiger partial charge < -0.3 is 20.1 Å². The highest BCUT2D eigenvalue weighted by Gasteiger charge is 2.45. The van der Waals surface area contributed by atoms with Gasteiger partial charge in [0.1, 0.15) is 6.61 Å². The van der Waals surface area contributed by atoms with E-state index in [1.165, 1.54) is 6.92 Å². The van der Waals surface area contributed by atoms with Crippen molar-refractivity contribution in [2.75, 3.05) is 6.61 Å². The molecule has 0 bridgehead atoms. The maximum Gasteiger partial charge on any atom is 0.196 e. The summed E-state index contributed by atoms with van der Waals surface area (Å²) < 4.78 is 5.39. The lowest BCUT2D eigenvalue weighted by Gasteiger charge is -2.36. The molecular formula is C13H18O5. The molecule has 5 heteroatoms. The van der Waals surface area contributed by atoms with Crippen LogP contribution in [0.15, 0.2) is 23.0 Å². The molecule has 18 heavy (non-hydrogen) atoms. The SMILES string of the molecule is CC(O)CC1=CC2=C(CO1)C(=O)[C@](C)(O)C(O)C2. The van der Waals surface area contributed by atoms with Gasteiger partial charge in [-0.05, 0) is 25.5 Å². The summed E-state index contributed by atoms with van der Waals surface area (Å²) in [5, 5.41) is 29.0. The number of hydrogen-bond acceptors (Lipinski definition) is 5. The Hall–Kier alpha value is -1.17. The van der Waals surface area contributed by atoms with Gasteiger partial charge in [0, 0.05) is 18.4 Å². The Morgan fingerprint density at radius 3 is 2.89 bits per heavy atom. The molecule has 2 unspecified atom stereocenters. The molecule has 0 aromatic carbocycles. The van der Waals surface area contributed by atoms with Crippen LogP contribution in [0.1, 0.15) is 26.7 Å². The highest BCUT2D eigenvalue weighted by atomic mass is 16.5. The predicted octanol–water partition coefficient (Wildman–Crippen LogP) is 0.0527. The third-order valence-electron chi connectivity index (χ3n) is 3.42. The van der Waals surface area contributed by atoms with Gasteiger partial charge in [0.05, 0.1) is 18.0 Å². The monoisotopic (exact) mass is 254 g/mol. The number of aliphatic hydroxyl groups excluding tert-OH is 2. The molecule has 2 aliphatic rings. The smallest absolute Gasteiger partial charge is 0.196 e. The lowest BCUT2D eigenvalue weighted by molar-refractivity contribution is -0.145. The van der Waals surface area contributed by atoms with Crippen LogP contribution in [-0.2, 0) is 9.53 Å². The Morgan fingerprint density at radius 2 is 2.28 bits per heavy atom. The van der Waals surface area contributed by atoms with E-state index in [1.807, 2.05) is 0 Å². The van der Waals surface area contributed by atoms with Gasteiger partial charge in [-0.2, -0.15) is 0 Å². The summed E-state index contributed by atoms with van der Waals surface area (Å²) in [5.41, 5.74) is -0.627. The average molecular weight is 254 g/mol. The van der Waals surface area contributed by atoms with E-state index >= 15 is 0 Å². The second-order valence-corrected chi connectivity index (χ2v) is 5.15. The largest absolute Gasteiger partial charge is 0.493 e. The van der Waals surface area contributed by atoms with E-state index in [1.54, 1.807) is 13.0 Å². The van der Waals surface area contributed by atoms with Crippen molar-refractivity contribution in [3.8, 4) is 0 Å². The van der Waals surface area contributed by atoms with E-state index in [0.29, 0.717) is 23.3 Å². The summed E-state index contributed by atoms with van der Waals surface area (Å²) >= 11 is 0. The molecule has 3 atom stereocenters. The third kappa shape index (κ3) is 2.21. The minimum atomic E-state index is -1.74. The van der Waals surface area contributed by atoms with Gasteiger partial charge in [-0.3, -0.25) is 4.79 Å². The fourth-order valence-electron chi connectivity index (χ4n) is 2.25. The molecule has 0 amide bonds. The van der Waals surface area contributed by atoms with E-state index in [2.05, 4.69) is 0 Å². The highest BCUT2D eigenvalue weighted by molar-refractivity contribution is 6.04. The number of hydrogen-bond donors (Lipinski definition) is 3. The van der Waals surface area contributed by atoms with Crippen LogP contribution in [0.3, 0.4) is 0 Å². The second kappa shape index (κ2) is 4.50. The fraction of sp³-hybridized carbons (Fsp3) is 0.615. The molecule has 5 nitrogen and oxygen atoms in total. The lowest BCUT2D eigenvalue weighted by atomic mass is 9.77. The van der Waals surface area contributed by atoms with Gasteiger partial charge in [0.2, 0.25) is 0 Å². The van der Waals surface area contributed by atoms with E-state index in [4.69, 9.17) is 4.74 Å². The predicted molar refractivity (Wildman–Crippen MR) is 63.6 cm³/mol. The fourth-order valence-corrected chi connectivity index (χ4v) is 2.25. The van der Waals surface area contributed by atoms with Gasteiger partial charge in [-0.25, -0.2) is 0 Å². The molecule has 0 aromatic rings. The van der Waals surface area contributed by atoms with Crippen LogP contribution in [0.25, 0.3) is 0 Å². The average Bonchev–Trinajstić information content (AvgIpc) is 2.26. The van der Waals surface area contributed by atoms with Crippen molar-refractivity contribution in [1.82, 2.24) is 0 Å². The Kier molecular flexibility index (Phi) is 3.31. The zero-order valence-electron chi connectivity index (χ0n) is 10.5. The van der Waals surface area contributed by atoms with Gasteiger partial charge >= 0.3 is 0 Å². The maximum atomic E-state index is 12.0. The molecule has 1 heterocycles. The van der Waals surface area contributed by atoms with Crippen LogP contribution in [0.2, 0.25) is 0 Å². The summed E-state index contributed by atoms with van der Waals surface area (Å²) in [6.45, 7) is 3.06. The third-order valence-corrected chi connectivity index (χ3v) is 3.42. The Morgan fingerprint density at radius 1 is 1.61 bits per heavy atom. The second-order valence-electron chi connectivity index (χ2n) is 5.15. The molecule has 0 aromatic heterocycles. The molecule has 0 saturated heterocycles. The number of carbonyl (C=O) groups is 1. The quantitative estimate of drug-likeness (QED) is 0.648. The van der Waals surface area contributed by atoms with Crippen molar-refractivity contribution < 1.29 is 24.9 Å². The molecule has 3 N–H and O–H groups in total. The molecule has 2 rings (SSSR count). The van der Waals surface area contributed by atoms with Crippen molar-refractivity contribution in [3.05, 3.63) is 23.0 Å². The van der Waals surface area contributed by atoms with E-state index in [9.17, 15) is 20.1 Å². The van der Waals surface area contributed by atoms with Crippen LogP contribution < -0.4 is 0 Å². The standard InChI is InChI=1S/C13H18O5/c1-7(14)3-9-4-8-5-11(15)13(2,17)12(16)10(8)6-18-9/h4,7,11,14-15,17H,3,5-6H2,1-2H3/t7?,11?,13-/m1/s1. The van der Waals surface area contributed by atoms with Crippen LogP contribution >= 0.6 is 0 Å². The molecule has 100 valence electrons. The number of rotatable bonds is 2. The number of ether oxygens (including phenoxy) is 1. The lowest BCUT2D eigenvalue weighted by Crippen LogP contribution is -2.51. The number of aliphatic hydroxyl groups is 3. The van der Waals surface area contributed by atoms with Crippen molar-refractivity contribution in [3.63, 3.8) is 0 Å². The number of Topliss-reactive ketones (excluding diaryl/α,β-unsaturated/α-hetero) is 1. The summed E-state index contributed by atoms with van der Waals surface area (Å²) in [4.78, 5) is 12.0. The van der Waals surface area contributed by atoms with E-state index in [0.717, 1.165) is 0 Å². The van der Waals surface area contributed by atoms with Crippen molar-refractivity contribution in [2.45, 2.75) is 44.5 Å². The van der Waals surface area contributed by atoms with Crippen molar-refractivity contribution in [1.29, 1.82) is 0 Å². The zero-order valence-corrected chi connectivity index (χ0v) is 10.5. The number of carbonyl (C=O) groups excluding carboxylic acids is 1. The Labute approximate surface area is 105 Å². The van der Waals surface area contributed by atoms with Crippen LogP contribution in [-0.4, -0.2) is 45.5 Å². The van der Waals surface area contributed by atoms with Crippen LogP contribution in [0.4, 0.5) is 0 Å². The summed E-state index contributed by atoms with van der Waals surface area (Å²) in [5.74, 6) is 0.119. The first-order chi connectivity index (χ1) is 8.32. The normalized spacial score (nSPS) is 33.7. The van der Waals surface area contributed by atoms with Crippen LogP contribution in [0.5, 0.6) is 0 Å². The zero-order chi connectivity index (χ0) is 13.5. The molecule has 0 saturated carbocycles. The first-order valence-electron chi connectivity index (χ1n) is 6.01. The van der Waals surface area contributed by atoms with Crippen molar-refractivity contribution >= 4 is 5.78 Å². The number of ketones is 1. The summed E-state index contributed by atoms with van der Waals surface area (Å²) in [7, 11) is 0. The Bertz CT molecular complexity index is 431. The van der Waals surface area contributed by atoms with Gasteiger partial charge in [0.25, 0.3) is 0 Å². The Balaban J connectivity index is 2.30. The molecule has 0 fully saturated rings. The molecular weight excluding hydrogens is 236 g/mol. The molecule has 1 aliphatic heterocycles. The summed E-state index contributed by atoms with van der Waals surface area (Å²) in [6, 6.07) is 0. The first kappa shape index (κ1) is 13.3. The highest BCUT2D eigenvalue weighted by Crippen LogP contribution is 2.34. The van der Waals surface area contributed by atoms with Crippen molar-refractivity contribution in [2.24, 2.45) is 0 Å². The van der Waals surface area contributed by atoms with E-state index in [-0.39, 0.29) is 13.0 Å². The summed E-state index contributed by atoms with van der Waals surface area (Å²) in [6.07, 6.45) is 0.650. The van der Waals surface area contributed by atoms with Gasteiger partial charge in [0.15, 0.2) is 11.4 Å². The van der Waals surface area contributed by atoms with E-state index < -0.39 is 23.6 Å². The minimum Gasteiger partial charge on any atom is -0.493 e. The van der Waals surface area contributed by atoms with Gasteiger partial charge in [-0.1, -0.05) is 0 Å². The maximum absolute atomic E-state index is 12.0. The topological polar surface area (TPSA) is 87.0 Å². The number of allylic oxidation sites excluding steroid dienone is 1. The molecule has 0 spiro atoms.